The first-order valence-corrected chi connectivity index (χ1v) is 10.3. The molecule has 1 aliphatic carbocycles. The van der Waals surface area contributed by atoms with Crippen molar-refractivity contribution >= 4 is 32.7 Å². The predicted molar refractivity (Wildman–Crippen MR) is 121 cm³/mol. The van der Waals surface area contributed by atoms with Crippen LogP contribution in [0, 0.1) is 0 Å². The Morgan fingerprint density at radius 3 is 2.55 bits per heavy atom. The van der Waals surface area contributed by atoms with E-state index in [1.54, 1.807) is 0 Å². The molecule has 2 heteroatoms. The SMILES string of the molecule is CC(C)c1ccc2c3c(ccc2c1)-c1nccc2oc4cccc(c4c12)C3(C)C. The van der Waals surface area contributed by atoms with Gasteiger partial charge in [-0.05, 0) is 45.5 Å². The molecule has 0 amide bonds. The Morgan fingerprint density at radius 2 is 1.72 bits per heavy atom. The van der Waals surface area contributed by atoms with E-state index < -0.39 is 0 Å². The number of benzene rings is 3. The zero-order valence-electron chi connectivity index (χ0n) is 17.2. The maximum absolute atomic E-state index is 6.21. The van der Waals surface area contributed by atoms with Crippen LogP contribution in [0.2, 0.25) is 0 Å². The number of rotatable bonds is 1. The molecule has 0 radical (unpaired) electrons. The highest BCUT2D eigenvalue weighted by Crippen LogP contribution is 2.50. The maximum Gasteiger partial charge on any atom is 0.139 e. The lowest BCUT2D eigenvalue weighted by Crippen LogP contribution is -2.20. The lowest BCUT2D eigenvalue weighted by atomic mass is 9.74. The van der Waals surface area contributed by atoms with Crippen LogP contribution in [-0.4, -0.2) is 4.98 Å². The third kappa shape index (κ3) is 2.09. The number of furan rings is 1. The first-order valence-electron chi connectivity index (χ1n) is 10.3. The molecule has 0 atom stereocenters. The minimum atomic E-state index is -0.175. The van der Waals surface area contributed by atoms with Gasteiger partial charge in [-0.1, -0.05) is 70.2 Å². The summed E-state index contributed by atoms with van der Waals surface area (Å²) in [5, 5.41) is 4.96. The molecule has 0 fully saturated rings. The highest BCUT2D eigenvalue weighted by atomic mass is 16.3. The van der Waals surface area contributed by atoms with Crippen molar-refractivity contribution in [2.24, 2.45) is 0 Å². The second-order valence-corrected chi connectivity index (χ2v) is 9.06. The Kier molecular flexibility index (Phi) is 3.17. The lowest BCUT2D eigenvalue weighted by molar-refractivity contribution is 0.647. The molecule has 0 bridgehead atoms. The summed E-state index contributed by atoms with van der Waals surface area (Å²) in [4.78, 5) is 4.85. The quantitative estimate of drug-likeness (QED) is 0.301. The maximum atomic E-state index is 6.21. The standard InChI is InChI=1S/C27H23NO/c1-15(2)16-8-10-18-17(14-16)9-11-19-25(18)27(3,4)20-6-5-7-21-23(20)24-22(29-21)12-13-28-26(19)24/h5-15H,1-4H3. The average molecular weight is 377 g/mol. The molecule has 6 rings (SSSR count). The van der Waals surface area contributed by atoms with Crippen LogP contribution in [0.5, 0.6) is 0 Å². The van der Waals surface area contributed by atoms with E-state index in [-0.39, 0.29) is 5.41 Å². The number of hydrogen-bond acceptors (Lipinski definition) is 2. The molecule has 0 aliphatic heterocycles. The summed E-state index contributed by atoms with van der Waals surface area (Å²) in [5.41, 5.74) is 7.97. The summed E-state index contributed by atoms with van der Waals surface area (Å²) in [6.45, 7) is 9.17. The third-order valence-electron chi connectivity index (χ3n) is 6.67. The molecule has 2 aromatic heterocycles. The molecule has 0 N–H and O–H groups in total. The first-order chi connectivity index (χ1) is 14.0. The molecule has 0 saturated heterocycles. The van der Waals surface area contributed by atoms with Crippen LogP contribution in [0.4, 0.5) is 0 Å². The highest BCUT2D eigenvalue weighted by molar-refractivity contribution is 6.15. The fraction of sp³-hybridized carbons (Fsp3) is 0.222. The van der Waals surface area contributed by atoms with E-state index in [0.717, 1.165) is 22.2 Å². The van der Waals surface area contributed by atoms with Crippen LogP contribution in [-0.2, 0) is 5.41 Å². The molecular weight excluding hydrogens is 354 g/mol. The Hall–Kier alpha value is -3.13. The minimum Gasteiger partial charge on any atom is -0.456 e. The molecule has 142 valence electrons. The average Bonchev–Trinajstić information content (AvgIpc) is 3.07. The largest absolute Gasteiger partial charge is 0.456 e. The summed E-state index contributed by atoms with van der Waals surface area (Å²) >= 11 is 0. The number of nitrogens with zero attached hydrogens (tertiary/aromatic N) is 1. The molecule has 0 saturated carbocycles. The van der Waals surface area contributed by atoms with Gasteiger partial charge in [-0.3, -0.25) is 4.98 Å². The molecule has 3 aromatic carbocycles. The molecule has 2 nitrogen and oxygen atoms in total. The van der Waals surface area contributed by atoms with Crippen LogP contribution in [0.25, 0.3) is 44.0 Å². The van der Waals surface area contributed by atoms with Crippen molar-refractivity contribution in [1.29, 1.82) is 0 Å². The van der Waals surface area contributed by atoms with Crippen LogP contribution in [0.3, 0.4) is 0 Å². The summed E-state index contributed by atoms with van der Waals surface area (Å²) in [7, 11) is 0. The Bertz CT molecular complexity index is 1450. The molecule has 5 aromatic rings. The first kappa shape index (κ1) is 16.8. The van der Waals surface area contributed by atoms with Gasteiger partial charge in [0.25, 0.3) is 0 Å². The van der Waals surface area contributed by atoms with E-state index >= 15 is 0 Å². The molecular formula is C27H23NO. The van der Waals surface area contributed by atoms with Crippen molar-refractivity contribution in [3.8, 4) is 11.3 Å². The number of pyridine rings is 1. The van der Waals surface area contributed by atoms with E-state index in [4.69, 9.17) is 9.40 Å². The fourth-order valence-electron chi connectivity index (χ4n) is 5.20. The molecule has 29 heavy (non-hydrogen) atoms. The van der Waals surface area contributed by atoms with Gasteiger partial charge in [0.05, 0.1) is 11.1 Å². The van der Waals surface area contributed by atoms with E-state index in [1.807, 2.05) is 12.3 Å². The van der Waals surface area contributed by atoms with Crippen molar-refractivity contribution < 1.29 is 4.42 Å². The van der Waals surface area contributed by atoms with Crippen molar-refractivity contribution in [1.82, 2.24) is 4.98 Å². The van der Waals surface area contributed by atoms with Gasteiger partial charge in [0.2, 0.25) is 0 Å². The Labute approximate surface area is 170 Å². The van der Waals surface area contributed by atoms with E-state index in [0.29, 0.717) is 5.92 Å². The van der Waals surface area contributed by atoms with Gasteiger partial charge in [-0.2, -0.15) is 0 Å². The van der Waals surface area contributed by atoms with E-state index in [9.17, 15) is 0 Å². The van der Waals surface area contributed by atoms with Crippen LogP contribution >= 0.6 is 0 Å². The van der Waals surface area contributed by atoms with Gasteiger partial charge in [0, 0.05) is 22.6 Å². The molecule has 0 unspecified atom stereocenters. The van der Waals surface area contributed by atoms with Crippen molar-refractivity contribution in [2.45, 2.75) is 39.0 Å². The van der Waals surface area contributed by atoms with Gasteiger partial charge in [0.1, 0.15) is 11.2 Å². The Morgan fingerprint density at radius 1 is 0.897 bits per heavy atom. The van der Waals surface area contributed by atoms with E-state index in [1.165, 1.54) is 38.4 Å². The normalized spacial score (nSPS) is 14.8. The number of aromatic nitrogens is 1. The highest BCUT2D eigenvalue weighted by Gasteiger charge is 2.35. The van der Waals surface area contributed by atoms with Crippen molar-refractivity contribution in [3.63, 3.8) is 0 Å². The molecule has 1 aliphatic rings. The molecule has 0 spiro atoms. The van der Waals surface area contributed by atoms with Crippen molar-refractivity contribution in [2.75, 3.05) is 0 Å². The van der Waals surface area contributed by atoms with Crippen LogP contribution in [0.15, 0.2) is 65.2 Å². The van der Waals surface area contributed by atoms with Crippen LogP contribution in [0.1, 0.15) is 50.3 Å². The second kappa shape index (κ2) is 5.48. The Balaban J connectivity index is 1.84. The summed E-state index contributed by atoms with van der Waals surface area (Å²) < 4.78 is 6.21. The zero-order chi connectivity index (χ0) is 19.9. The van der Waals surface area contributed by atoms with Gasteiger partial charge in [-0.25, -0.2) is 0 Å². The second-order valence-electron chi connectivity index (χ2n) is 9.06. The molecule has 2 heterocycles. The third-order valence-corrected chi connectivity index (χ3v) is 6.67. The summed E-state index contributed by atoms with van der Waals surface area (Å²) in [6.07, 6.45) is 1.87. The number of fused-ring (bicyclic) bond motifs is 4. The smallest absolute Gasteiger partial charge is 0.139 e. The zero-order valence-corrected chi connectivity index (χ0v) is 17.2. The van der Waals surface area contributed by atoms with Crippen molar-refractivity contribution in [3.05, 3.63) is 77.5 Å². The van der Waals surface area contributed by atoms with E-state index in [2.05, 4.69) is 76.2 Å². The van der Waals surface area contributed by atoms with Gasteiger partial charge in [0.15, 0.2) is 0 Å². The lowest BCUT2D eigenvalue weighted by Gasteiger charge is -2.29. The monoisotopic (exact) mass is 377 g/mol. The van der Waals surface area contributed by atoms with Crippen LogP contribution < -0.4 is 0 Å². The fourth-order valence-corrected chi connectivity index (χ4v) is 5.20. The summed E-state index contributed by atoms with van der Waals surface area (Å²) in [6, 6.07) is 19.9. The number of hydrogen-bond donors (Lipinski definition) is 0. The minimum absolute atomic E-state index is 0.175. The van der Waals surface area contributed by atoms with Gasteiger partial charge < -0.3 is 4.42 Å². The summed E-state index contributed by atoms with van der Waals surface area (Å²) in [5.74, 6) is 0.516. The van der Waals surface area contributed by atoms with Gasteiger partial charge >= 0.3 is 0 Å². The predicted octanol–water partition coefficient (Wildman–Crippen LogP) is 7.56. The topological polar surface area (TPSA) is 26.0 Å². The van der Waals surface area contributed by atoms with Gasteiger partial charge in [-0.15, -0.1) is 0 Å².